The second kappa shape index (κ2) is 5.30. The van der Waals surface area contributed by atoms with Crippen LogP contribution in [-0.4, -0.2) is 19.7 Å². The van der Waals surface area contributed by atoms with Crippen molar-refractivity contribution in [2.75, 3.05) is 13.7 Å². The molecule has 0 unspecified atom stereocenters. The fourth-order valence-corrected chi connectivity index (χ4v) is 0.447. The molecular weight excluding hydrogens is 146 g/mol. The molecule has 0 saturated carbocycles. The quantitative estimate of drug-likeness (QED) is 0.259. The smallest absolute Gasteiger partial charge is 0.352 e. The number of ether oxygens (including phenoxy) is 2. The van der Waals surface area contributed by atoms with Gasteiger partial charge in [-0.15, -0.1) is 0 Å². The van der Waals surface area contributed by atoms with Crippen molar-refractivity contribution in [2.45, 2.75) is 6.92 Å². The zero-order chi connectivity index (χ0) is 8.69. The molecule has 0 amide bonds. The van der Waals surface area contributed by atoms with E-state index in [-0.39, 0.29) is 12.2 Å². The average molecular weight is 155 g/mol. The highest BCUT2D eigenvalue weighted by molar-refractivity contribution is 5.92. The Morgan fingerprint density at radius 3 is 2.73 bits per heavy atom. The lowest BCUT2D eigenvalue weighted by Crippen LogP contribution is -2.06. The van der Waals surface area contributed by atoms with E-state index in [0.717, 1.165) is 6.26 Å². The predicted octanol–water partition coefficient (Wildman–Crippen LogP) is 0.603. The van der Waals surface area contributed by atoms with E-state index in [1.165, 1.54) is 7.11 Å². The van der Waals surface area contributed by atoms with E-state index in [1.54, 1.807) is 13.0 Å². The van der Waals surface area contributed by atoms with Crippen LogP contribution in [0.3, 0.4) is 0 Å². The third-order valence-electron chi connectivity index (χ3n) is 0.851. The number of esters is 1. The van der Waals surface area contributed by atoms with Crippen LogP contribution in [-0.2, 0) is 14.3 Å². The first-order valence-corrected chi connectivity index (χ1v) is 3.06. The molecule has 0 rings (SSSR count). The fraction of sp³-hybridized carbons (Fsp3) is 0.429. The predicted molar refractivity (Wildman–Crippen MR) is 37.3 cm³/mol. The Morgan fingerprint density at radius 2 is 2.36 bits per heavy atom. The maximum Gasteiger partial charge on any atom is 0.352 e. The van der Waals surface area contributed by atoms with Gasteiger partial charge in [-0.25, -0.2) is 4.79 Å². The van der Waals surface area contributed by atoms with Crippen LogP contribution in [0.15, 0.2) is 11.8 Å². The summed E-state index contributed by atoms with van der Waals surface area (Å²) in [5.41, 5.74) is -0.130. The van der Waals surface area contributed by atoms with Gasteiger partial charge in [0.15, 0.2) is 5.57 Å². The van der Waals surface area contributed by atoms with Gasteiger partial charge in [0.05, 0.1) is 13.7 Å². The number of hydrogen-bond donors (Lipinski definition) is 0. The molecule has 0 fully saturated rings. The summed E-state index contributed by atoms with van der Waals surface area (Å²) in [6.45, 7) is 1.92. The van der Waals surface area contributed by atoms with E-state index in [4.69, 9.17) is 5.26 Å². The van der Waals surface area contributed by atoms with Crippen LogP contribution >= 0.6 is 0 Å². The SMILES string of the molecule is CCOC(=O)/C(C#N)=C\OC. The van der Waals surface area contributed by atoms with Crippen LogP contribution in [0.1, 0.15) is 6.92 Å². The zero-order valence-corrected chi connectivity index (χ0v) is 6.46. The number of methoxy groups -OCH3 is 1. The number of nitrogens with zero attached hydrogens (tertiary/aromatic N) is 1. The van der Waals surface area contributed by atoms with Crippen LogP contribution in [0.5, 0.6) is 0 Å². The Labute approximate surface area is 65.0 Å². The van der Waals surface area contributed by atoms with E-state index in [9.17, 15) is 4.79 Å². The molecule has 4 nitrogen and oxygen atoms in total. The van der Waals surface area contributed by atoms with Crippen molar-refractivity contribution in [1.82, 2.24) is 0 Å². The average Bonchev–Trinajstić information content (AvgIpc) is 2.00. The molecule has 0 saturated heterocycles. The molecule has 60 valence electrons. The highest BCUT2D eigenvalue weighted by atomic mass is 16.5. The minimum atomic E-state index is -0.656. The normalized spacial score (nSPS) is 10.1. The topological polar surface area (TPSA) is 59.3 Å². The first-order valence-electron chi connectivity index (χ1n) is 3.06. The van der Waals surface area contributed by atoms with Crippen molar-refractivity contribution in [3.05, 3.63) is 11.8 Å². The Hall–Kier alpha value is -1.50. The van der Waals surface area contributed by atoms with E-state index >= 15 is 0 Å². The highest BCUT2D eigenvalue weighted by Gasteiger charge is 2.08. The second-order valence-electron chi connectivity index (χ2n) is 1.60. The van der Waals surface area contributed by atoms with E-state index < -0.39 is 5.97 Å². The number of rotatable bonds is 3. The second-order valence-corrected chi connectivity index (χ2v) is 1.60. The molecule has 0 heterocycles. The van der Waals surface area contributed by atoms with Gasteiger partial charge < -0.3 is 9.47 Å². The molecule has 0 aromatic carbocycles. The molecule has 0 aliphatic carbocycles. The number of carbonyl (C=O) groups excluding carboxylic acids is 1. The van der Waals surface area contributed by atoms with Crippen molar-refractivity contribution in [2.24, 2.45) is 0 Å². The lowest BCUT2D eigenvalue weighted by molar-refractivity contribution is -0.138. The molecule has 4 heteroatoms. The molecule has 0 aromatic rings. The lowest BCUT2D eigenvalue weighted by atomic mass is 10.3. The summed E-state index contributed by atoms with van der Waals surface area (Å²) < 4.78 is 9.01. The largest absolute Gasteiger partial charge is 0.503 e. The monoisotopic (exact) mass is 155 g/mol. The van der Waals surface area contributed by atoms with Gasteiger partial charge in [0, 0.05) is 0 Å². The zero-order valence-electron chi connectivity index (χ0n) is 6.46. The van der Waals surface area contributed by atoms with Gasteiger partial charge in [0.1, 0.15) is 12.3 Å². The van der Waals surface area contributed by atoms with Gasteiger partial charge in [-0.05, 0) is 6.92 Å². The summed E-state index contributed by atoms with van der Waals surface area (Å²) in [6.07, 6.45) is 1.05. The standard InChI is InChI=1S/C7H9NO3/c1-3-11-7(9)6(4-8)5-10-2/h5H,3H2,1-2H3/b6-5-. The minimum Gasteiger partial charge on any atom is -0.503 e. The molecule has 0 N–H and O–H groups in total. The van der Waals surface area contributed by atoms with Crippen molar-refractivity contribution in [1.29, 1.82) is 5.26 Å². The molecule has 0 radical (unpaired) electrons. The van der Waals surface area contributed by atoms with Gasteiger partial charge in [0.25, 0.3) is 0 Å². The third-order valence-corrected chi connectivity index (χ3v) is 0.851. The summed E-state index contributed by atoms with van der Waals surface area (Å²) in [6, 6.07) is 1.65. The number of hydrogen-bond acceptors (Lipinski definition) is 4. The van der Waals surface area contributed by atoms with Gasteiger partial charge in [-0.2, -0.15) is 5.26 Å². The highest BCUT2D eigenvalue weighted by Crippen LogP contribution is 1.95. The van der Waals surface area contributed by atoms with Crippen LogP contribution in [0.4, 0.5) is 0 Å². The first kappa shape index (κ1) is 9.50. The summed E-state index contributed by atoms with van der Waals surface area (Å²) in [5.74, 6) is -0.656. The molecule has 0 atom stereocenters. The van der Waals surface area contributed by atoms with Crippen LogP contribution in [0.25, 0.3) is 0 Å². The maximum atomic E-state index is 10.8. The molecule has 0 aliphatic rings. The Morgan fingerprint density at radius 1 is 1.73 bits per heavy atom. The van der Waals surface area contributed by atoms with Crippen molar-refractivity contribution in [3.8, 4) is 6.07 Å². The van der Waals surface area contributed by atoms with Crippen molar-refractivity contribution < 1.29 is 14.3 Å². The van der Waals surface area contributed by atoms with E-state index in [2.05, 4.69) is 9.47 Å². The van der Waals surface area contributed by atoms with Crippen molar-refractivity contribution in [3.63, 3.8) is 0 Å². The number of nitriles is 1. The maximum absolute atomic E-state index is 10.8. The number of carbonyl (C=O) groups is 1. The van der Waals surface area contributed by atoms with Gasteiger partial charge >= 0.3 is 5.97 Å². The molecule has 0 bridgehead atoms. The minimum absolute atomic E-state index is 0.130. The van der Waals surface area contributed by atoms with Gasteiger partial charge in [-0.3, -0.25) is 0 Å². The fourth-order valence-electron chi connectivity index (χ4n) is 0.447. The van der Waals surface area contributed by atoms with Gasteiger partial charge in [-0.1, -0.05) is 0 Å². The summed E-state index contributed by atoms with van der Waals surface area (Å²) in [4.78, 5) is 10.8. The van der Waals surface area contributed by atoms with Crippen molar-refractivity contribution >= 4 is 5.97 Å². The molecule has 0 spiro atoms. The summed E-state index contributed by atoms with van der Waals surface area (Å²) >= 11 is 0. The summed E-state index contributed by atoms with van der Waals surface area (Å²) in [5, 5.41) is 8.36. The molecule has 0 aliphatic heterocycles. The first-order chi connectivity index (χ1) is 5.26. The Balaban J connectivity index is 4.18. The molecular formula is C7H9NO3. The molecule has 0 aromatic heterocycles. The third kappa shape index (κ3) is 3.26. The lowest BCUT2D eigenvalue weighted by Gasteiger charge is -1.97. The Bertz CT molecular complexity index is 202. The van der Waals surface area contributed by atoms with Gasteiger partial charge in [0.2, 0.25) is 0 Å². The van der Waals surface area contributed by atoms with E-state index in [1.807, 2.05) is 0 Å². The van der Waals surface area contributed by atoms with Crippen LogP contribution < -0.4 is 0 Å². The Kier molecular flexibility index (Phi) is 4.58. The van der Waals surface area contributed by atoms with E-state index in [0.29, 0.717) is 0 Å². The van der Waals surface area contributed by atoms with Crippen LogP contribution in [0, 0.1) is 11.3 Å². The molecule has 11 heavy (non-hydrogen) atoms. The summed E-state index contributed by atoms with van der Waals surface area (Å²) in [7, 11) is 1.36. The van der Waals surface area contributed by atoms with Crippen LogP contribution in [0.2, 0.25) is 0 Å².